The van der Waals surface area contributed by atoms with Crippen molar-refractivity contribution in [2.45, 2.75) is 6.42 Å². The van der Waals surface area contributed by atoms with Gasteiger partial charge in [0.25, 0.3) is 5.91 Å². The first-order valence-electron chi connectivity index (χ1n) is 7.43. The lowest BCUT2D eigenvalue weighted by molar-refractivity contribution is -0.116. The molecule has 2 heterocycles. The van der Waals surface area contributed by atoms with E-state index in [-0.39, 0.29) is 22.9 Å². The Morgan fingerprint density at radius 3 is 2.25 bits per heavy atom. The number of carbonyl (C=O) groups is 1. The maximum atomic E-state index is 10.4. The van der Waals surface area contributed by atoms with Gasteiger partial charge in [0.2, 0.25) is 0 Å². The van der Waals surface area contributed by atoms with Gasteiger partial charge in [0.1, 0.15) is 6.54 Å². The number of rotatable bonds is 2. The summed E-state index contributed by atoms with van der Waals surface area (Å²) in [7, 11) is -2.94. The number of nitrogens with zero attached hydrogens (tertiary/aromatic N) is 2. The summed E-state index contributed by atoms with van der Waals surface area (Å²) in [6.07, 6.45) is 2.56. The van der Waals surface area contributed by atoms with Crippen molar-refractivity contribution in [3.8, 4) is 11.5 Å². The number of nitrogens with two attached hydrogens (primary N) is 2. The Bertz CT molecular complexity index is 933. The zero-order valence-electron chi connectivity index (χ0n) is 14.8. The molecular weight excluding hydrogens is 398 g/mol. The summed E-state index contributed by atoms with van der Waals surface area (Å²) in [5.74, 6) is -0.0654. The van der Waals surface area contributed by atoms with Crippen molar-refractivity contribution >= 4 is 33.2 Å². The minimum absolute atomic E-state index is 0. The average Bonchev–Trinajstić information content (AvgIpc) is 3.06. The Morgan fingerprint density at radius 2 is 1.86 bits per heavy atom. The first-order chi connectivity index (χ1) is 12.4. The van der Waals surface area contributed by atoms with Crippen molar-refractivity contribution in [1.82, 2.24) is 9.88 Å². The van der Waals surface area contributed by atoms with Gasteiger partial charge < -0.3 is 37.0 Å². The highest BCUT2D eigenvalue weighted by Gasteiger charge is 2.15. The number of aromatic amines is 1. The standard InChI is InChI=1S/C10H12N2O2.C4H7N3O.H2O4S.H2O/c11-4-3-6-5-12-9-7(6)1-2-8(13)10(9)14;1-7-2-3(8)6-4(7)5;1-5(2,3)4;/h1-2,5,12-14H,3-4,11H2;2H2,1H3,(H2,5,6,8);(H2,1,2,3,4);1H2. The van der Waals surface area contributed by atoms with Crippen LogP contribution in [0.1, 0.15) is 5.56 Å². The molecule has 11 N–H and O–H groups in total. The maximum Gasteiger partial charge on any atom is 0.394 e. The van der Waals surface area contributed by atoms with Crippen molar-refractivity contribution in [3.63, 3.8) is 0 Å². The molecule has 0 unspecified atom stereocenters. The molecule has 0 atom stereocenters. The van der Waals surface area contributed by atoms with Crippen LogP contribution in [0.15, 0.2) is 23.3 Å². The normalized spacial score (nSPS) is 13.1. The van der Waals surface area contributed by atoms with E-state index in [9.17, 15) is 15.0 Å². The fourth-order valence-electron chi connectivity index (χ4n) is 2.13. The van der Waals surface area contributed by atoms with Gasteiger partial charge in [-0.25, -0.2) is 0 Å². The second kappa shape index (κ2) is 10.4. The molecular formula is C14H23N5O8S. The molecule has 0 saturated carbocycles. The number of guanidine groups is 1. The van der Waals surface area contributed by atoms with E-state index in [0.29, 0.717) is 24.6 Å². The Kier molecular flexibility index (Phi) is 9.35. The number of aliphatic imine (C=N–C) groups is 1. The van der Waals surface area contributed by atoms with Crippen LogP contribution in [0.3, 0.4) is 0 Å². The summed E-state index contributed by atoms with van der Waals surface area (Å²) >= 11 is 0. The predicted octanol–water partition coefficient (Wildman–Crippen LogP) is -1.62. The maximum absolute atomic E-state index is 10.4. The molecule has 1 aliphatic heterocycles. The molecule has 3 rings (SSSR count). The van der Waals surface area contributed by atoms with Crippen LogP contribution in [-0.4, -0.2) is 75.1 Å². The molecule has 0 aliphatic carbocycles. The number of hydrogen-bond donors (Lipinski definition) is 7. The summed E-state index contributed by atoms with van der Waals surface area (Å²) in [5, 5.41) is 19.7. The highest BCUT2D eigenvalue weighted by atomic mass is 32.3. The zero-order valence-corrected chi connectivity index (χ0v) is 15.6. The third-order valence-electron chi connectivity index (χ3n) is 3.31. The lowest BCUT2D eigenvalue weighted by atomic mass is 10.1. The van der Waals surface area contributed by atoms with Crippen LogP contribution in [0.2, 0.25) is 0 Å². The van der Waals surface area contributed by atoms with Gasteiger partial charge in [0, 0.05) is 18.6 Å². The third kappa shape index (κ3) is 7.77. The number of aromatic nitrogens is 1. The van der Waals surface area contributed by atoms with Gasteiger partial charge in [0.05, 0.1) is 5.52 Å². The Labute approximate surface area is 160 Å². The van der Waals surface area contributed by atoms with Gasteiger partial charge in [-0.15, -0.1) is 0 Å². The SMILES string of the molecule is CN1CC(=O)N=C1N.NCCc1c[nH]c2c(O)c(O)ccc12.O.O=S(=O)(O)O. The molecule has 0 bridgehead atoms. The summed E-state index contributed by atoms with van der Waals surface area (Å²) in [5.41, 5.74) is 12.3. The quantitative estimate of drug-likeness (QED) is 0.215. The molecule has 1 amide bonds. The van der Waals surface area contributed by atoms with E-state index in [1.807, 2.05) is 0 Å². The average molecular weight is 421 g/mol. The minimum Gasteiger partial charge on any atom is -0.504 e. The molecule has 1 aliphatic rings. The summed E-state index contributed by atoms with van der Waals surface area (Å²) < 4.78 is 31.6. The molecule has 2 aromatic rings. The Balaban J connectivity index is 0.000000444. The second-order valence-corrected chi connectivity index (χ2v) is 6.27. The number of carbonyl (C=O) groups excluding carboxylic acids is 1. The smallest absolute Gasteiger partial charge is 0.394 e. The molecule has 1 aromatic carbocycles. The number of aromatic hydroxyl groups is 2. The van der Waals surface area contributed by atoms with Crippen LogP contribution in [0.25, 0.3) is 10.9 Å². The van der Waals surface area contributed by atoms with E-state index in [2.05, 4.69) is 9.98 Å². The van der Waals surface area contributed by atoms with Gasteiger partial charge in [-0.2, -0.15) is 13.4 Å². The summed E-state index contributed by atoms with van der Waals surface area (Å²) in [6, 6.07) is 3.25. The van der Waals surface area contributed by atoms with Gasteiger partial charge in [-0.05, 0) is 30.7 Å². The van der Waals surface area contributed by atoms with E-state index in [4.69, 9.17) is 29.0 Å². The highest BCUT2D eigenvalue weighted by Crippen LogP contribution is 2.34. The van der Waals surface area contributed by atoms with Crippen molar-refractivity contribution in [2.75, 3.05) is 20.1 Å². The minimum atomic E-state index is -4.67. The topological polar surface area (TPSA) is 247 Å². The summed E-state index contributed by atoms with van der Waals surface area (Å²) in [6.45, 7) is 0.889. The van der Waals surface area contributed by atoms with Crippen LogP contribution < -0.4 is 11.5 Å². The van der Waals surface area contributed by atoms with E-state index >= 15 is 0 Å². The van der Waals surface area contributed by atoms with Crippen LogP contribution >= 0.6 is 0 Å². The Hall–Kier alpha value is -2.91. The van der Waals surface area contributed by atoms with Crippen molar-refractivity contribution in [2.24, 2.45) is 16.5 Å². The number of likely N-dealkylation sites (N-methyl/N-ethyl adjacent to an activating group) is 1. The van der Waals surface area contributed by atoms with Gasteiger partial charge in [-0.3, -0.25) is 13.9 Å². The largest absolute Gasteiger partial charge is 0.504 e. The van der Waals surface area contributed by atoms with Crippen LogP contribution in [0.4, 0.5) is 0 Å². The molecule has 0 fully saturated rings. The number of phenolic OH excluding ortho intramolecular Hbond substituents is 2. The fraction of sp³-hybridized carbons (Fsp3) is 0.286. The molecule has 0 saturated heterocycles. The molecule has 158 valence electrons. The predicted molar refractivity (Wildman–Crippen MR) is 101 cm³/mol. The molecule has 0 radical (unpaired) electrons. The molecule has 14 heteroatoms. The van der Waals surface area contributed by atoms with Gasteiger partial charge >= 0.3 is 10.4 Å². The molecule has 28 heavy (non-hydrogen) atoms. The Morgan fingerprint density at radius 1 is 1.29 bits per heavy atom. The molecule has 1 aromatic heterocycles. The molecule has 0 spiro atoms. The number of hydrogen-bond acceptors (Lipinski definition) is 8. The third-order valence-corrected chi connectivity index (χ3v) is 3.31. The number of H-pyrrole nitrogens is 1. The van der Waals surface area contributed by atoms with Gasteiger partial charge in [-0.1, -0.05) is 0 Å². The van der Waals surface area contributed by atoms with Crippen LogP contribution in [-0.2, 0) is 21.6 Å². The van der Waals surface area contributed by atoms with E-state index < -0.39 is 10.4 Å². The number of phenols is 2. The number of fused-ring (bicyclic) bond motifs is 1. The number of amides is 1. The highest BCUT2D eigenvalue weighted by molar-refractivity contribution is 7.79. The van der Waals surface area contributed by atoms with E-state index in [0.717, 1.165) is 17.4 Å². The van der Waals surface area contributed by atoms with E-state index in [1.165, 1.54) is 6.07 Å². The van der Waals surface area contributed by atoms with Gasteiger partial charge in [0.15, 0.2) is 17.5 Å². The summed E-state index contributed by atoms with van der Waals surface area (Å²) in [4.78, 5) is 18.3. The fourth-order valence-corrected chi connectivity index (χ4v) is 2.13. The number of nitrogens with one attached hydrogen (secondary N) is 1. The first kappa shape index (κ1) is 25.1. The van der Waals surface area contributed by atoms with Crippen molar-refractivity contribution in [3.05, 3.63) is 23.9 Å². The monoisotopic (exact) mass is 421 g/mol. The van der Waals surface area contributed by atoms with Crippen molar-refractivity contribution in [1.29, 1.82) is 0 Å². The lowest BCUT2D eigenvalue weighted by Crippen LogP contribution is -2.29. The van der Waals surface area contributed by atoms with Crippen LogP contribution in [0.5, 0.6) is 11.5 Å². The van der Waals surface area contributed by atoms with Crippen LogP contribution in [0, 0.1) is 0 Å². The molecule has 13 nitrogen and oxygen atoms in total. The second-order valence-electron chi connectivity index (χ2n) is 5.38. The number of benzene rings is 1. The van der Waals surface area contributed by atoms with E-state index in [1.54, 1.807) is 24.2 Å². The lowest BCUT2D eigenvalue weighted by Gasteiger charge is -2.05. The zero-order chi connectivity index (χ0) is 20.8. The van der Waals surface area contributed by atoms with Crippen molar-refractivity contribution < 1.29 is 38.0 Å². The first-order valence-corrected chi connectivity index (χ1v) is 8.82.